The molecule has 0 saturated carbocycles. The smallest absolute Gasteiger partial charge is 0.191 e. The summed E-state index contributed by atoms with van der Waals surface area (Å²) in [5.41, 5.74) is 1.18. The van der Waals surface area contributed by atoms with Crippen LogP contribution < -0.4 is 15.4 Å². The van der Waals surface area contributed by atoms with Crippen LogP contribution in [0.4, 0.5) is 0 Å². The van der Waals surface area contributed by atoms with Crippen molar-refractivity contribution in [3.8, 4) is 5.75 Å². The van der Waals surface area contributed by atoms with Crippen molar-refractivity contribution < 1.29 is 4.74 Å². The Balaban J connectivity index is 0.00000312. The van der Waals surface area contributed by atoms with Crippen molar-refractivity contribution in [3.63, 3.8) is 0 Å². The van der Waals surface area contributed by atoms with Crippen LogP contribution in [0.25, 0.3) is 0 Å². The van der Waals surface area contributed by atoms with Crippen molar-refractivity contribution in [1.29, 1.82) is 0 Å². The lowest BCUT2D eigenvalue weighted by Crippen LogP contribution is -2.38. The van der Waals surface area contributed by atoms with Gasteiger partial charge < -0.3 is 20.3 Å². The van der Waals surface area contributed by atoms with E-state index in [1.807, 2.05) is 12.1 Å². The van der Waals surface area contributed by atoms with E-state index in [2.05, 4.69) is 39.6 Å². The summed E-state index contributed by atoms with van der Waals surface area (Å²) in [6, 6.07) is 8.07. The van der Waals surface area contributed by atoms with Crippen molar-refractivity contribution in [2.75, 3.05) is 39.8 Å². The van der Waals surface area contributed by atoms with Crippen LogP contribution in [0.3, 0.4) is 0 Å². The average Bonchev–Trinajstić information content (AvgIpc) is 3.13. The van der Waals surface area contributed by atoms with Gasteiger partial charge in [0.05, 0.1) is 13.7 Å². The van der Waals surface area contributed by atoms with Gasteiger partial charge in [0.1, 0.15) is 5.75 Å². The molecular formula is C19H33IN4O. The molecule has 1 aliphatic rings. The number of ether oxygens (including phenoxy) is 1. The van der Waals surface area contributed by atoms with Crippen LogP contribution in [0, 0.1) is 0 Å². The molecule has 0 aromatic heterocycles. The van der Waals surface area contributed by atoms with Crippen molar-refractivity contribution in [2.45, 2.75) is 39.2 Å². The quantitative estimate of drug-likeness (QED) is 0.257. The van der Waals surface area contributed by atoms with Crippen LogP contribution in [0.2, 0.25) is 0 Å². The van der Waals surface area contributed by atoms with E-state index in [0.717, 1.165) is 24.8 Å². The van der Waals surface area contributed by atoms with E-state index in [-0.39, 0.29) is 24.0 Å². The number of hydrogen-bond acceptors (Lipinski definition) is 3. The molecule has 0 aliphatic carbocycles. The summed E-state index contributed by atoms with van der Waals surface area (Å²) in [4.78, 5) is 7.23. The Morgan fingerprint density at radius 2 is 1.84 bits per heavy atom. The van der Waals surface area contributed by atoms with Gasteiger partial charge in [0.25, 0.3) is 0 Å². The molecule has 1 heterocycles. The summed E-state index contributed by atoms with van der Waals surface area (Å²) in [5.74, 6) is 1.78. The molecule has 0 unspecified atom stereocenters. The van der Waals surface area contributed by atoms with Gasteiger partial charge in [0.2, 0.25) is 0 Å². The minimum Gasteiger partial charge on any atom is -0.497 e. The Bertz CT molecular complexity index is 487. The summed E-state index contributed by atoms with van der Waals surface area (Å²) in [6.45, 7) is 8.44. The van der Waals surface area contributed by atoms with Crippen LogP contribution in [0.5, 0.6) is 5.75 Å². The SMILES string of the molecule is CCNC(=NCc1ccc(OC)cc1)NCCCCN1CCCC1.I. The molecule has 25 heavy (non-hydrogen) atoms. The number of benzene rings is 1. The van der Waals surface area contributed by atoms with Crippen molar-refractivity contribution in [3.05, 3.63) is 29.8 Å². The normalized spacial score (nSPS) is 14.9. The van der Waals surface area contributed by atoms with Crippen molar-refractivity contribution in [2.24, 2.45) is 4.99 Å². The number of unbranched alkanes of at least 4 members (excludes halogenated alkanes) is 1. The largest absolute Gasteiger partial charge is 0.497 e. The fourth-order valence-electron chi connectivity index (χ4n) is 2.92. The summed E-state index contributed by atoms with van der Waals surface area (Å²) in [6.07, 6.45) is 5.19. The first-order valence-electron chi connectivity index (χ1n) is 9.19. The van der Waals surface area contributed by atoms with Gasteiger partial charge in [-0.3, -0.25) is 0 Å². The molecule has 6 heteroatoms. The van der Waals surface area contributed by atoms with Gasteiger partial charge >= 0.3 is 0 Å². The van der Waals surface area contributed by atoms with E-state index in [0.29, 0.717) is 6.54 Å². The Kier molecular flexibility index (Phi) is 11.6. The molecule has 1 aromatic carbocycles. The lowest BCUT2D eigenvalue weighted by Gasteiger charge is -2.15. The molecule has 5 nitrogen and oxygen atoms in total. The highest BCUT2D eigenvalue weighted by Crippen LogP contribution is 2.11. The Morgan fingerprint density at radius 1 is 1.12 bits per heavy atom. The molecule has 1 aromatic rings. The monoisotopic (exact) mass is 460 g/mol. The Hall–Kier alpha value is -1.02. The van der Waals surface area contributed by atoms with Crippen LogP contribution in [0.15, 0.2) is 29.3 Å². The van der Waals surface area contributed by atoms with Crippen LogP contribution in [-0.2, 0) is 6.54 Å². The fourth-order valence-corrected chi connectivity index (χ4v) is 2.92. The molecule has 2 N–H and O–H groups in total. The number of hydrogen-bond donors (Lipinski definition) is 2. The highest BCUT2D eigenvalue weighted by Gasteiger charge is 2.10. The third-order valence-corrected chi connectivity index (χ3v) is 4.32. The number of methoxy groups -OCH3 is 1. The standard InChI is InChI=1S/C19H32N4O.HI/c1-3-20-19(21-12-4-5-13-23-14-6-7-15-23)22-16-17-8-10-18(24-2)11-9-17;/h8-11H,3-7,12-16H2,1-2H3,(H2,20,21,22);1H. The number of guanidine groups is 1. The van der Waals surface area contributed by atoms with E-state index in [9.17, 15) is 0 Å². The second kappa shape index (κ2) is 13.2. The Labute approximate surface area is 169 Å². The zero-order valence-corrected chi connectivity index (χ0v) is 17.9. The maximum absolute atomic E-state index is 5.18. The average molecular weight is 460 g/mol. The third kappa shape index (κ3) is 8.76. The summed E-state index contributed by atoms with van der Waals surface area (Å²) >= 11 is 0. The molecular weight excluding hydrogens is 427 g/mol. The van der Waals surface area contributed by atoms with E-state index in [4.69, 9.17) is 4.74 Å². The molecule has 0 amide bonds. The van der Waals surface area contributed by atoms with Crippen LogP contribution >= 0.6 is 24.0 Å². The number of likely N-dealkylation sites (tertiary alicyclic amines) is 1. The fraction of sp³-hybridized carbons (Fsp3) is 0.632. The zero-order chi connectivity index (χ0) is 17.0. The number of nitrogens with one attached hydrogen (secondary N) is 2. The van der Waals surface area contributed by atoms with Gasteiger partial charge in [-0.15, -0.1) is 24.0 Å². The first kappa shape index (κ1) is 22.0. The van der Waals surface area contributed by atoms with E-state index in [1.54, 1.807) is 7.11 Å². The van der Waals surface area contributed by atoms with E-state index >= 15 is 0 Å². The molecule has 142 valence electrons. The van der Waals surface area contributed by atoms with Gasteiger partial charge in [0.15, 0.2) is 5.96 Å². The van der Waals surface area contributed by atoms with Gasteiger partial charge in [-0.1, -0.05) is 12.1 Å². The number of aliphatic imine (C=N–C) groups is 1. The van der Waals surface area contributed by atoms with Gasteiger partial charge in [-0.05, 0) is 69.9 Å². The summed E-state index contributed by atoms with van der Waals surface area (Å²) in [7, 11) is 1.68. The lowest BCUT2D eigenvalue weighted by molar-refractivity contribution is 0.330. The molecule has 0 radical (unpaired) electrons. The molecule has 1 saturated heterocycles. The predicted molar refractivity (Wildman–Crippen MR) is 116 cm³/mol. The highest BCUT2D eigenvalue weighted by molar-refractivity contribution is 14.0. The molecule has 0 atom stereocenters. The first-order valence-corrected chi connectivity index (χ1v) is 9.19. The van der Waals surface area contributed by atoms with Crippen LogP contribution in [-0.4, -0.2) is 50.7 Å². The maximum atomic E-state index is 5.18. The number of rotatable bonds is 9. The maximum Gasteiger partial charge on any atom is 0.191 e. The zero-order valence-electron chi connectivity index (χ0n) is 15.6. The van der Waals surface area contributed by atoms with Gasteiger partial charge in [0, 0.05) is 13.1 Å². The highest BCUT2D eigenvalue weighted by atomic mass is 127. The van der Waals surface area contributed by atoms with Gasteiger partial charge in [-0.2, -0.15) is 0 Å². The summed E-state index contributed by atoms with van der Waals surface area (Å²) < 4.78 is 5.18. The van der Waals surface area contributed by atoms with Gasteiger partial charge in [-0.25, -0.2) is 4.99 Å². The minimum atomic E-state index is 0. The molecule has 0 bridgehead atoms. The Morgan fingerprint density at radius 3 is 2.48 bits per heavy atom. The predicted octanol–water partition coefficient (Wildman–Crippen LogP) is 3.24. The van der Waals surface area contributed by atoms with Crippen molar-refractivity contribution >= 4 is 29.9 Å². The second-order valence-electron chi connectivity index (χ2n) is 6.23. The number of nitrogens with zero attached hydrogens (tertiary/aromatic N) is 2. The summed E-state index contributed by atoms with van der Waals surface area (Å²) in [5, 5.41) is 6.75. The molecule has 1 fully saturated rings. The third-order valence-electron chi connectivity index (χ3n) is 4.32. The topological polar surface area (TPSA) is 48.9 Å². The van der Waals surface area contributed by atoms with E-state index < -0.39 is 0 Å². The lowest BCUT2D eigenvalue weighted by atomic mass is 10.2. The first-order chi connectivity index (χ1) is 11.8. The second-order valence-corrected chi connectivity index (χ2v) is 6.23. The van der Waals surface area contributed by atoms with E-state index in [1.165, 1.54) is 50.9 Å². The molecule has 0 spiro atoms. The van der Waals surface area contributed by atoms with Crippen molar-refractivity contribution in [1.82, 2.24) is 15.5 Å². The number of halogens is 1. The molecule has 1 aliphatic heterocycles. The van der Waals surface area contributed by atoms with Crippen LogP contribution in [0.1, 0.15) is 38.2 Å². The molecule has 2 rings (SSSR count). The minimum absolute atomic E-state index is 0.